The molecule has 1 N–H and O–H groups in total. The van der Waals surface area contributed by atoms with Crippen LogP contribution in [0.25, 0.3) is 0 Å². The SMILES string of the molecule is CC(C)COc1cccc(NC2CCc3cccnc32)c1. The highest BCUT2D eigenvalue weighted by Gasteiger charge is 2.23. The highest BCUT2D eigenvalue weighted by molar-refractivity contribution is 5.50. The van der Waals surface area contributed by atoms with Crippen LogP contribution in [-0.2, 0) is 6.42 Å². The summed E-state index contributed by atoms with van der Waals surface area (Å²) in [7, 11) is 0. The normalized spacial score (nSPS) is 16.8. The molecule has 0 aliphatic heterocycles. The topological polar surface area (TPSA) is 34.1 Å². The van der Waals surface area contributed by atoms with E-state index in [9.17, 15) is 0 Å². The van der Waals surface area contributed by atoms with E-state index < -0.39 is 0 Å². The smallest absolute Gasteiger partial charge is 0.121 e. The van der Waals surface area contributed by atoms with Crippen LogP contribution in [0, 0.1) is 5.92 Å². The molecule has 0 saturated heterocycles. The van der Waals surface area contributed by atoms with Gasteiger partial charge in [0.05, 0.1) is 18.3 Å². The van der Waals surface area contributed by atoms with Gasteiger partial charge in [-0.2, -0.15) is 0 Å². The fourth-order valence-corrected chi connectivity index (χ4v) is 2.69. The lowest BCUT2D eigenvalue weighted by atomic mass is 10.2. The second kappa shape index (κ2) is 6.17. The van der Waals surface area contributed by atoms with E-state index in [0.29, 0.717) is 12.0 Å². The van der Waals surface area contributed by atoms with E-state index in [4.69, 9.17) is 4.74 Å². The van der Waals surface area contributed by atoms with Crippen LogP contribution in [-0.4, -0.2) is 11.6 Å². The monoisotopic (exact) mass is 282 g/mol. The van der Waals surface area contributed by atoms with Crippen LogP contribution in [0.15, 0.2) is 42.6 Å². The number of hydrogen-bond acceptors (Lipinski definition) is 3. The number of anilines is 1. The summed E-state index contributed by atoms with van der Waals surface area (Å²) >= 11 is 0. The van der Waals surface area contributed by atoms with Crippen molar-refractivity contribution in [3.63, 3.8) is 0 Å². The molecule has 0 saturated carbocycles. The van der Waals surface area contributed by atoms with Crippen LogP contribution < -0.4 is 10.1 Å². The van der Waals surface area contributed by atoms with E-state index in [1.54, 1.807) is 0 Å². The molecule has 3 rings (SSSR count). The summed E-state index contributed by atoms with van der Waals surface area (Å²) in [6, 6.07) is 12.7. The Bertz CT molecular complexity index is 610. The van der Waals surface area contributed by atoms with Crippen molar-refractivity contribution in [2.24, 2.45) is 5.92 Å². The number of nitrogens with zero attached hydrogens (tertiary/aromatic N) is 1. The maximum absolute atomic E-state index is 5.79. The number of fused-ring (bicyclic) bond motifs is 1. The van der Waals surface area contributed by atoms with Gasteiger partial charge in [-0.05, 0) is 42.5 Å². The zero-order valence-electron chi connectivity index (χ0n) is 12.7. The minimum Gasteiger partial charge on any atom is -0.493 e. The van der Waals surface area contributed by atoms with Crippen molar-refractivity contribution < 1.29 is 4.74 Å². The van der Waals surface area contributed by atoms with Crippen LogP contribution in [0.1, 0.15) is 37.6 Å². The number of rotatable bonds is 5. The summed E-state index contributed by atoms with van der Waals surface area (Å²) in [6.07, 6.45) is 4.08. The molecule has 1 heterocycles. The Morgan fingerprint density at radius 2 is 2.19 bits per heavy atom. The van der Waals surface area contributed by atoms with Crippen LogP contribution in [0.4, 0.5) is 5.69 Å². The van der Waals surface area contributed by atoms with Gasteiger partial charge in [0.15, 0.2) is 0 Å². The van der Waals surface area contributed by atoms with Crippen molar-refractivity contribution >= 4 is 5.69 Å². The summed E-state index contributed by atoms with van der Waals surface area (Å²) in [5.41, 5.74) is 3.65. The first-order chi connectivity index (χ1) is 10.2. The van der Waals surface area contributed by atoms with Gasteiger partial charge in [0.1, 0.15) is 5.75 Å². The summed E-state index contributed by atoms with van der Waals surface area (Å²) < 4.78 is 5.79. The Morgan fingerprint density at radius 1 is 1.29 bits per heavy atom. The fraction of sp³-hybridized carbons (Fsp3) is 0.389. The van der Waals surface area contributed by atoms with Crippen molar-refractivity contribution in [2.75, 3.05) is 11.9 Å². The third kappa shape index (κ3) is 3.35. The number of aromatic nitrogens is 1. The Labute approximate surface area is 126 Å². The van der Waals surface area contributed by atoms with E-state index >= 15 is 0 Å². The molecule has 2 aromatic rings. The van der Waals surface area contributed by atoms with Crippen molar-refractivity contribution in [3.05, 3.63) is 53.9 Å². The maximum atomic E-state index is 5.79. The molecule has 0 bridgehead atoms. The van der Waals surface area contributed by atoms with Gasteiger partial charge >= 0.3 is 0 Å². The molecule has 1 aromatic heterocycles. The molecule has 0 spiro atoms. The first kappa shape index (κ1) is 13.9. The van der Waals surface area contributed by atoms with Gasteiger partial charge in [0, 0.05) is 18.0 Å². The lowest BCUT2D eigenvalue weighted by Gasteiger charge is -2.16. The van der Waals surface area contributed by atoms with Crippen molar-refractivity contribution in [3.8, 4) is 5.75 Å². The molecule has 1 aromatic carbocycles. The highest BCUT2D eigenvalue weighted by Crippen LogP contribution is 2.32. The number of pyridine rings is 1. The molecule has 1 aliphatic rings. The fourth-order valence-electron chi connectivity index (χ4n) is 2.69. The van der Waals surface area contributed by atoms with E-state index in [2.05, 4.69) is 42.3 Å². The molecular weight excluding hydrogens is 260 g/mol. The number of benzene rings is 1. The second-order valence-corrected chi connectivity index (χ2v) is 6.02. The molecule has 1 aliphatic carbocycles. The van der Waals surface area contributed by atoms with Crippen LogP contribution in [0.3, 0.4) is 0 Å². The van der Waals surface area contributed by atoms with Crippen LogP contribution in [0.2, 0.25) is 0 Å². The predicted molar refractivity (Wildman–Crippen MR) is 85.7 cm³/mol. The Balaban J connectivity index is 1.70. The Morgan fingerprint density at radius 3 is 3.05 bits per heavy atom. The average molecular weight is 282 g/mol. The lowest BCUT2D eigenvalue weighted by molar-refractivity contribution is 0.271. The Kier molecular flexibility index (Phi) is 4.09. The first-order valence-corrected chi connectivity index (χ1v) is 7.65. The lowest BCUT2D eigenvalue weighted by Crippen LogP contribution is -2.09. The van der Waals surface area contributed by atoms with Crippen LogP contribution in [0.5, 0.6) is 5.75 Å². The molecule has 21 heavy (non-hydrogen) atoms. The minimum absolute atomic E-state index is 0.307. The number of hydrogen-bond donors (Lipinski definition) is 1. The van der Waals surface area contributed by atoms with E-state index in [1.807, 2.05) is 24.4 Å². The summed E-state index contributed by atoms with van der Waals surface area (Å²) in [4.78, 5) is 4.53. The molecule has 1 atom stereocenters. The molecule has 0 radical (unpaired) electrons. The second-order valence-electron chi connectivity index (χ2n) is 6.02. The largest absolute Gasteiger partial charge is 0.493 e. The van der Waals surface area contributed by atoms with Gasteiger partial charge in [-0.25, -0.2) is 0 Å². The van der Waals surface area contributed by atoms with E-state index in [-0.39, 0.29) is 0 Å². The van der Waals surface area contributed by atoms with Crippen molar-refractivity contribution in [2.45, 2.75) is 32.7 Å². The van der Waals surface area contributed by atoms with Crippen molar-refractivity contribution in [1.29, 1.82) is 0 Å². The highest BCUT2D eigenvalue weighted by atomic mass is 16.5. The number of ether oxygens (including phenoxy) is 1. The van der Waals surface area contributed by atoms with Gasteiger partial charge in [-0.1, -0.05) is 26.0 Å². The number of aryl methyl sites for hydroxylation is 1. The Hall–Kier alpha value is -2.03. The quantitative estimate of drug-likeness (QED) is 0.891. The average Bonchev–Trinajstić information content (AvgIpc) is 2.89. The number of nitrogens with one attached hydrogen (secondary N) is 1. The molecule has 0 fully saturated rings. The summed E-state index contributed by atoms with van der Waals surface area (Å²) in [6.45, 7) is 5.06. The van der Waals surface area contributed by atoms with Gasteiger partial charge in [-0.3, -0.25) is 4.98 Å². The summed E-state index contributed by atoms with van der Waals surface area (Å²) in [5.74, 6) is 1.46. The molecule has 1 unspecified atom stereocenters. The third-order valence-electron chi connectivity index (χ3n) is 3.72. The third-order valence-corrected chi connectivity index (χ3v) is 3.72. The molecule has 3 heteroatoms. The zero-order valence-corrected chi connectivity index (χ0v) is 12.7. The van der Waals surface area contributed by atoms with Gasteiger partial charge in [-0.15, -0.1) is 0 Å². The molecule has 3 nitrogen and oxygen atoms in total. The molecule has 0 amide bonds. The van der Waals surface area contributed by atoms with Gasteiger partial charge in [0.25, 0.3) is 0 Å². The standard InChI is InChI=1S/C18H22N2O/c1-13(2)12-21-16-7-3-6-15(11-16)20-17-9-8-14-5-4-10-19-18(14)17/h3-7,10-11,13,17,20H,8-9,12H2,1-2H3. The maximum Gasteiger partial charge on any atom is 0.121 e. The van der Waals surface area contributed by atoms with E-state index in [1.165, 1.54) is 11.3 Å². The first-order valence-electron chi connectivity index (χ1n) is 7.65. The van der Waals surface area contributed by atoms with Crippen LogP contribution >= 0.6 is 0 Å². The summed E-state index contributed by atoms with van der Waals surface area (Å²) in [5, 5.41) is 3.58. The minimum atomic E-state index is 0.307. The van der Waals surface area contributed by atoms with Crippen molar-refractivity contribution in [1.82, 2.24) is 4.98 Å². The zero-order chi connectivity index (χ0) is 14.7. The molecule has 110 valence electrons. The molecular formula is C18H22N2O. The van der Waals surface area contributed by atoms with Gasteiger partial charge in [0.2, 0.25) is 0 Å². The van der Waals surface area contributed by atoms with Gasteiger partial charge < -0.3 is 10.1 Å². The predicted octanol–water partition coefficient (Wildman–Crippen LogP) is 4.22. The van der Waals surface area contributed by atoms with E-state index in [0.717, 1.165) is 30.9 Å².